The van der Waals surface area contributed by atoms with Crippen molar-refractivity contribution >= 4 is 11.8 Å². The number of carbonyl (C=O) groups excluding carboxylic acids is 2. The number of carbonyl (C=O) groups is 2. The van der Waals surface area contributed by atoms with E-state index in [0.29, 0.717) is 12.8 Å². The molecule has 0 heterocycles. The van der Waals surface area contributed by atoms with Gasteiger partial charge in [-0.15, -0.1) is 0 Å². The van der Waals surface area contributed by atoms with Crippen LogP contribution < -0.4 is 10.6 Å². The van der Waals surface area contributed by atoms with Crippen LogP contribution in [0.5, 0.6) is 0 Å². The minimum absolute atomic E-state index is 0.00168. The molecule has 2 amide bonds. The first-order chi connectivity index (χ1) is 20.7. The molecule has 0 aliphatic carbocycles. The van der Waals surface area contributed by atoms with E-state index in [2.05, 4.69) is 73.1 Å². The summed E-state index contributed by atoms with van der Waals surface area (Å²) in [6.07, 6.45) is 48.5. The number of amides is 2. The Hall–Kier alpha value is -2.36. The van der Waals surface area contributed by atoms with Gasteiger partial charge in [0.15, 0.2) is 0 Å². The standard InChI is InChI=1S/C38H66N2O2/c1-3-5-7-9-11-13-15-17-19-21-23-25-27-29-31-33-37(41)39-35-36-40-38(42)34-32-30-28-26-24-22-20-18-16-14-12-10-8-6-4-2/h11,13,20-23,28,30,35-36H,3-10,12,14-19,24-27,29,31-34H2,1-2H3,(H,39,41)(H,40,42)/b13-11+,22-20+,23-21+,30-28+,36-35+. The average molecular weight is 583 g/mol. The smallest absolute Gasteiger partial charge is 0.224 e. The molecule has 0 saturated carbocycles. The van der Waals surface area contributed by atoms with Crippen LogP contribution in [0, 0.1) is 0 Å². The molecule has 2 N–H and O–H groups in total. The summed E-state index contributed by atoms with van der Waals surface area (Å²) < 4.78 is 0. The Morgan fingerprint density at radius 3 is 1.29 bits per heavy atom. The van der Waals surface area contributed by atoms with Crippen LogP contribution in [-0.4, -0.2) is 11.8 Å². The maximum Gasteiger partial charge on any atom is 0.224 e. The first kappa shape index (κ1) is 39.6. The lowest BCUT2D eigenvalue weighted by Gasteiger charge is -2.01. The minimum atomic E-state index is -0.0355. The van der Waals surface area contributed by atoms with Crippen molar-refractivity contribution in [2.24, 2.45) is 0 Å². The second-order valence-corrected chi connectivity index (χ2v) is 11.4. The summed E-state index contributed by atoms with van der Waals surface area (Å²) in [6, 6.07) is 0. The van der Waals surface area contributed by atoms with Gasteiger partial charge in [-0.25, -0.2) is 0 Å². The summed E-state index contributed by atoms with van der Waals surface area (Å²) in [5.41, 5.74) is 0. The van der Waals surface area contributed by atoms with Crippen molar-refractivity contribution in [3.63, 3.8) is 0 Å². The molecule has 0 radical (unpaired) electrons. The molecular weight excluding hydrogens is 516 g/mol. The van der Waals surface area contributed by atoms with Gasteiger partial charge in [0.1, 0.15) is 0 Å². The van der Waals surface area contributed by atoms with Crippen molar-refractivity contribution in [2.75, 3.05) is 0 Å². The zero-order valence-corrected chi connectivity index (χ0v) is 27.6. The second-order valence-electron chi connectivity index (χ2n) is 11.4. The van der Waals surface area contributed by atoms with Gasteiger partial charge in [-0.1, -0.05) is 120 Å². The van der Waals surface area contributed by atoms with Crippen molar-refractivity contribution in [2.45, 2.75) is 168 Å². The maximum absolute atomic E-state index is 11.9. The highest BCUT2D eigenvalue weighted by molar-refractivity contribution is 5.78. The zero-order valence-electron chi connectivity index (χ0n) is 27.6. The summed E-state index contributed by atoms with van der Waals surface area (Å²) in [4.78, 5) is 23.9. The zero-order chi connectivity index (χ0) is 30.6. The van der Waals surface area contributed by atoms with Gasteiger partial charge in [0.05, 0.1) is 0 Å². The van der Waals surface area contributed by atoms with Gasteiger partial charge < -0.3 is 10.6 Å². The average Bonchev–Trinajstić information content (AvgIpc) is 2.99. The largest absolute Gasteiger partial charge is 0.331 e. The second kappa shape index (κ2) is 34.8. The van der Waals surface area contributed by atoms with Crippen LogP contribution in [-0.2, 0) is 9.59 Å². The molecule has 0 atom stereocenters. The van der Waals surface area contributed by atoms with Crippen molar-refractivity contribution in [1.82, 2.24) is 10.6 Å². The van der Waals surface area contributed by atoms with Crippen molar-refractivity contribution in [3.05, 3.63) is 61.0 Å². The third-order valence-electron chi connectivity index (χ3n) is 7.24. The molecular formula is C38H66N2O2. The van der Waals surface area contributed by atoms with Gasteiger partial charge in [-0.2, -0.15) is 0 Å². The van der Waals surface area contributed by atoms with Gasteiger partial charge in [-0.3, -0.25) is 9.59 Å². The summed E-state index contributed by atoms with van der Waals surface area (Å²) >= 11 is 0. The molecule has 0 aromatic carbocycles. The van der Waals surface area contributed by atoms with Gasteiger partial charge in [-0.05, 0) is 83.5 Å². The molecule has 0 aromatic rings. The first-order valence-corrected chi connectivity index (χ1v) is 17.5. The van der Waals surface area contributed by atoms with Crippen LogP contribution in [0.4, 0.5) is 0 Å². The van der Waals surface area contributed by atoms with Crippen LogP contribution in [0.3, 0.4) is 0 Å². The van der Waals surface area contributed by atoms with E-state index in [-0.39, 0.29) is 11.8 Å². The Balaban J connectivity index is 3.52. The number of nitrogens with one attached hydrogen (secondary N) is 2. The maximum atomic E-state index is 11.9. The lowest BCUT2D eigenvalue weighted by atomic mass is 10.1. The van der Waals surface area contributed by atoms with E-state index < -0.39 is 0 Å². The van der Waals surface area contributed by atoms with E-state index in [1.807, 2.05) is 0 Å². The molecule has 0 fully saturated rings. The molecule has 0 bridgehead atoms. The summed E-state index contributed by atoms with van der Waals surface area (Å²) in [6.45, 7) is 4.51. The Kier molecular flexibility index (Phi) is 32.9. The fourth-order valence-corrected chi connectivity index (χ4v) is 4.57. The van der Waals surface area contributed by atoms with Crippen LogP contribution in [0.15, 0.2) is 61.0 Å². The third kappa shape index (κ3) is 33.8. The molecule has 0 aliphatic heterocycles. The van der Waals surface area contributed by atoms with E-state index in [1.54, 1.807) is 0 Å². The first-order valence-electron chi connectivity index (χ1n) is 17.5. The monoisotopic (exact) mass is 583 g/mol. The summed E-state index contributed by atoms with van der Waals surface area (Å²) in [7, 11) is 0. The quantitative estimate of drug-likeness (QED) is 0.0653. The topological polar surface area (TPSA) is 58.2 Å². The Bertz CT molecular complexity index is 748. The predicted octanol–water partition coefficient (Wildman–Crippen LogP) is 11.3. The van der Waals surface area contributed by atoms with Crippen molar-refractivity contribution < 1.29 is 9.59 Å². The van der Waals surface area contributed by atoms with Crippen LogP contribution in [0.2, 0.25) is 0 Å². The fourth-order valence-electron chi connectivity index (χ4n) is 4.57. The SMILES string of the molecule is CCCCC/C=C/CCC/C=C/CCCCCC(=O)N/C=C/NC(=O)CC/C=C/CC/C=C/CCCCCCCCC. The lowest BCUT2D eigenvalue weighted by molar-refractivity contribution is -0.121. The highest BCUT2D eigenvalue weighted by atomic mass is 16.2. The molecule has 0 saturated heterocycles. The van der Waals surface area contributed by atoms with Crippen LogP contribution >= 0.6 is 0 Å². The van der Waals surface area contributed by atoms with Gasteiger partial charge in [0.2, 0.25) is 11.8 Å². The number of rotatable bonds is 30. The number of allylic oxidation sites excluding steroid dienone is 8. The lowest BCUT2D eigenvalue weighted by Crippen LogP contribution is -2.20. The van der Waals surface area contributed by atoms with Gasteiger partial charge >= 0.3 is 0 Å². The molecule has 4 heteroatoms. The number of unbranched alkanes of at least 4 members (excludes halogenated alkanes) is 16. The molecule has 240 valence electrons. The summed E-state index contributed by atoms with van der Waals surface area (Å²) in [5.74, 6) is -0.0372. The van der Waals surface area contributed by atoms with E-state index in [9.17, 15) is 9.59 Å². The van der Waals surface area contributed by atoms with Gasteiger partial charge in [0.25, 0.3) is 0 Å². The highest BCUT2D eigenvalue weighted by Crippen LogP contribution is 2.09. The van der Waals surface area contributed by atoms with Crippen molar-refractivity contribution in [3.8, 4) is 0 Å². The molecule has 0 aliphatic rings. The van der Waals surface area contributed by atoms with E-state index >= 15 is 0 Å². The third-order valence-corrected chi connectivity index (χ3v) is 7.24. The van der Waals surface area contributed by atoms with E-state index in [1.165, 1.54) is 102 Å². The molecule has 0 unspecified atom stereocenters. The van der Waals surface area contributed by atoms with E-state index in [0.717, 1.165) is 51.4 Å². The molecule has 0 rings (SSSR count). The highest BCUT2D eigenvalue weighted by Gasteiger charge is 1.99. The minimum Gasteiger partial charge on any atom is -0.331 e. The van der Waals surface area contributed by atoms with Crippen molar-refractivity contribution in [1.29, 1.82) is 0 Å². The van der Waals surface area contributed by atoms with E-state index in [4.69, 9.17) is 0 Å². The Morgan fingerprint density at radius 2 is 0.738 bits per heavy atom. The predicted molar refractivity (Wildman–Crippen MR) is 184 cm³/mol. The van der Waals surface area contributed by atoms with Gasteiger partial charge in [0, 0.05) is 25.2 Å². The Labute approximate surface area is 260 Å². The molecule has 0 aromatic heterocycles. The number of hydrogen-bond donors (Lipinski definition) is 2. The van der Waals surface area contributed by atoms with Crippen LogP contribution in [0.1, 0.15) is 168 Å². The molecule has 4 nitrogen and oxygen atoms in total. The Morgan fingerprint density at radius 1 is 0.381 bits per heavy atom. The normalized spacial score (nSPS) is 12.1. The van der Waals surface area contributed by atoms with Crippen LogP contribution in [0.25, 0.3) is 0 Å². The molecule has 0 spiro atoms. The number of hydrogen-bond acceptors (Lipinski definition) is 2. The fraction of sp³-hybridized carbons (Fsp3) is 0.684. The molecule has 42 heavy (non-hydrogen) atoms. The summed E-state index contributed by atoms with van der Waals surface area (Å²) in [5, 5.41) is 5.45.